The second-order valence-electron chi connectivity index (χ2n) is 6.48. The van der Waals surface area contributed by atoms with Crippen molar-refractivity contribution >= 4 is 15.9 Å². The highest BCUT2D eigenvalue weighted by Gasteiger charge is 2.43. The molecule has 1 aromatic carbocycles. The Bertz CT molecular complexity index is 518. The minimum atomic E-state index is -0.260. The summed E-state index contributed by atoms with van der Waals surface area (Å²) in [5.41, 5.74) is 2.60. The highest BCUT2D eigenvalue weighted by atomic mass is 79.9. The first kappa shape index (κ1) is 14.3. The summed E-state index contributed by atoms with van der Waals surface area (Å²) in [4.78, 5) is 0. The van der Waals surface area contributed by atoms with Crippen LogP contribution < -0.4 is 0 Å². The quantitative estimate of drug-likeness (QED) is 0.777. The van der Waals surface area contributed by atoms with Crippen molar-refractivity contribution in [1.29, 1.82) is 0 Å². The van der Waals surface area contributed by atoms with Crippen LogP contribution in [0.2, 0.25) is 0 Å². The van der Waals surface area contributed by atoms with Gasteiger partial charge in [0.25, 0.3) is 0 Å². The average Bonchev–Trinajstić information content (AvgIpc) is 2.44. The van der Waals surface area contributed by atoms with Crippen molar-refractivity contribution < 1.29 is 9.84 Å². The van der Waals surface area contributed by atoms with Gasteiger partial charge in [-0.1, -0.05) is 53.6 Å². The Hall–Kier alpha value is -0.640. The molecule has 1 aliphatic carbocycles. The summed E-state index contributed by atoms with van der Waals surface area (Å²) in [5, 5.41) is 10.2. The molecule has 0 unspecified atom stereocenters. The Balaban J connectivity index is 1.81. The fraction of sp³-hybridized carbons (Fsp3) is 0.529. The van der Waals surface area contributed by atoms with Gasteiger partial charge in [-0.3, -0.25) is 0 Å². The maximum absolute atomic E-state index is 10.2. The molecule has 1 N–H and O–H groups in total. The maximum Gasteiger partial charge on any atom is 0.0862 e. The normalized spacial score (nSPS) is 32.4. The summed E-state index contributed by atoms with van der Waals surface area (Å²) < 4.78 is 7.18. The Morgan fingerprint density at radius 3 is 2.65 bits per heavy atom. The first-order valence-electron chi connectivity index (χ1n) is 7.22. The summed E-state index contributed by atoms with van der Waals surface area (Å²) in [6.45, 7) is 5.01. The lowest BCUT2D eigenvalue weighted by Crippen LogP contribution is -2.44. The predicted octanol–water partition coefficient (Wildman–Crippen LogP) is 4.24. The Morgan fingerprint density at radius 1 is 1.25 bits per heavy atom. The standard InChI is InChI=1S/C17H21BrO2/c1-17(2)14-10-20-15(9-12(14)5-8-16(17)19)11-3-6-13(18)7-4-11/h3-7,14-16,19H,8-10H2,1-2H3/t14-,15-,16+/m0/s1. The third-order valence-electron chi connectivity index (χ3n) is 4.93. The topological polar surface area (TPSA) is 29.5 Å². The van der Waals surface area contributed by atoms with Gasteiger partial charge in [-0.15, -0.1) is 0 Å². The van der Waals surface area contributed by atoms with Crippen LogP contribution in [0.4, 0.5) is 0 Å². The molecule has 0 bridgehead atoms. The van der Waals surface area contributed by atoms with Gasteiger partial charge in [0.15, 0.2) is 0 Å². The molecular formula is C17H21BrO2. The lowest BCUT2D eigenvalue weighted by atomic mass is 9.65. The van der Waals surface area contributed by atoms with Crippen LogP contribution in [0.1, 0.15) is 38.4 Å². The highest BCUT2D eigenvalue weighted by Crippen LogP contribution is 2.47. The number of ether oxygens (including phenoxy) is 1. The van der Waals surface area contributed by atoms with Gasteiger partial charge in [-0.05, 0) is 36.0 Å². The molecule has 0 spiro atoms. The molecule has 1 heterocycles. The van der Waals surface area contributed by atoms with Gasteiger partial charge in [0.2, 0.25) is 0 Å². The lowest BCUT2D eigenvalue weighted by molar-refractivity contribution is -0.0681. The van der Waals surface area contributed by atoms with Crippen LogP contribution in [-0.2, 0) is 4.74 Å². The van der Waals surface area contributed by atoms with Crippen LogP contribution in [-0.4, -0.2) is 17.8 Å². The average molecular weight is 337 g/mol. The first-order valence-corrected chi connectivity index (χ1v) is 8.02. The third-order valence-corrected chi connectivity index (χ3v) is 5.46. The number of hydrogen-bond acceptors (Lipinski definition) is 2. The smallest absolute Gasteiger partial charge is 0.0862 e. The van der Waals surface area contributed by atoms with E-state index in [9.17, 15) is 5.11 Å². The van der Waals surface area contributed by atoms with E-state index in [1.54, 1.807) is 0 Å². The van der Waals surface area contributed by atoms with Crippen molar-refractivity contribution in [1.82, 2.24) is 0 Å². The number of fused-ring (bicyclic) bond motifs is 1. The zero-order chi connectivity index (χ0) is 14.3. The molecule has 20 heavy (non-hydrogen) atoms. The number of rotatable bonds is 1. The van der Waals surface area contributed by atoms with Crippen molar-refractivity contribution in [2.24, 2.45) is 11.3 Å². The second-order valence-corrected chi connectivity index (χ2v) is 7.40. The summed E-state index contributed by atoms with van der Waals surface area (Å²) >= 11 is 3.47. The Morgan fingerprint density at radius 2 is 1.95 bits per heavy atom. The molecule has 0 aromatic heterocycles. The molecular weight excluding hydrogens is 316 g/mol. The zero-order valence-electron chi connectivity index (χ0n) is 12.0. The van der Waals surface area contributed by atoms with Crippen molar-refractivity contribution in [3.8, 4) is 0 Å². The summed E-state index contributed by atoms with van der Waals surface area (Å²) in [7, 11) is 0. The van der Waals surface area contributed by atoms with Gasteiger partial charge < -0.3 is 9.84 Å². The molecule has 1 aromatic rings. The van der Waals surface area contributed by atoms with Gasteiger partial charge in [-0.25, -0.2) is 0 Å². The van der Waals surface area contributed by atoms with Gasteiger partial charge in [0.1, 0.15) is 0 Å². The van der Waals surface area contributed by atoms with Gasteiger partial charge in [-0.2, -0.15) is 0 Å². The molecule has 3 atom stereocenters. The second kappa shape index (κ2) is 5.28. The minimum Gasteiger partial charge on any atom is -0.392 e. The number of halogens is 1. The van der Waals surface area contributed by atoms with E-state index < -0.39 is 0 Å². The van der Waals surface area contributed by atoms with E-state index >= 15 is 0 Å². The Labute approximate surface area is 129 Å². The predicted molar refractivity (Wildman–Crippen MR) is 83.4 cm³/mol. The molecule has 1 aliphatic heterocycles. The fourth-order valence-electron chi connectivity index (χ4n) is 3.34. The molecule has 0 saturated carbocycles. The number of benzene rings is 1. The first-order chi connectivity index (χ1) is 9.48. The largest absolute Gasteiger partial charge is 0.392 e. The number of aliphatic hydroxyl groups excluding tert-OH is 1. The van der Waals surface area contributed by atoms with Gasteiger partial charge >= 0.3 is 0 Å². The molecule has 0 amide bonds. The van der Waals surface area contributed by atoms with E-state index in [4.69, 9.17) is 4.74 Å². The van der Waals surface area contributed by atoms with Crippen molar-refractivity contribution in [3.05, 3.63) is 46.0 Å². The molecule has 3 rings (SSSR count). The van der Waals surface area contributed by atoms with Crippen LogP contribution in [0.3, 0.4) is 0 Å². The van der Waals surface area contributed by atoms with Gasteiger partial charge in [0.05, 0.1) is 18.8 Å². The van der Waals surface area contributed by atoms with Crippen molar-refractivity contribution in [3.63, 3.8) is 0 Å². The zero-order valence-corrected chi connectivity index (χ0v) is 13.6. The van der Waals surface area contributed by atoms with E-state index in [1.165, 1.54) is 11.1 Å². The molecule has 2 nitrogen and oxygen atoms in total. The van der Waals surface area contributed by atoms with Crippen LogP contribution in [0.15, 0.2) is 40.4 Å². The van der Waals surface area contributed by atoms with E-state index in [0.717, 1.165) is 17.3 Å². The minimum absolute atomic E-state index is 0.0885. The van der Waals surface area contributed by atoms with Crippen LogP contribution in [0.25, 0.3) is 0 Å². The van der Waals surface area contributed by atoms with Crippen LogP contribution in [0, 0.1) is 11.3 Å². The molecule has 3 heteroatoms. The van der Waals surface area contributed by atoms with Gasteiger partial charge in [0, 0.05) is 10.4 Å². The molecule has 1 fully saturated rings. The maximum atomic E-state index is 10.2. The molecule has 108 valence electrons. The molecule has 0 radical (unpaired) electrons. The van der Waals surface area contributed by atoms with Crippen molar-refractivity contribution in [2.45, 2.75) is 38.9 Å². The number of aliphatic hydroxyl groups is 1. The lowest BCUT2D eigenvalue weighted by Gasteiger charge is -2.46. The highest BCUT2D eigenvalue weighted by molar-refractivity contribution is 9.10. The molecule has 2 aliphatic rings. The SMILES string of the molecule is CC1(C)[C@H](O)CC=C2C[C@@H](c3ccc(Br)cc3)OC[C@@H]21. The summed E-state index contributed by atoms with van der Waals surface area (Å²) in [6, 6.07) is 8.37. The summed E-state index contributed by atoms with van der Waals surface area (Å²) in [6.07, 6.45) is 3.84. The summed E-state index contributed by atoms with van der Waals surface area (Å²) in [5.74, 6) is 0.345. The number of hydrogen-bond donors (Lipinski definition) is 1. The monoisotopic (exact) mass is 336 g/mol. The molecule has 1 saturated heterocycles. The van der Waals surface area contributed by atoms with Crippen molar-refractivity contribution in [2.75, 3.05) is 6.61 Å². The van der Waals surface area contributed by atoms with E-state index in [-0.39, 0.29) is 17.6 Å². The Kier molecular flexibility index (Phi) is 3.78. The van der Waals surface area contributed by atoms with E-state index in [1.807, 2.05) is 0 Å². The van der Waals surface area contributed by atoms with E-state index in [2.05, 4.69) is 60.1 Å². The van der Waals surface area contributed by atoms with E-state index in [0.29, 0.717) is 12.5 Å². The van der Waals surface area contributed by atoms with Crippen LogP contribution >= 0.6 is 15.9 Å². The third kappa shape index (κ3) is 2.47. The van der Waals surface area contributed by atoms with Crippen LogP contribution in [0.5, 0.6) is 0 Å². The fourth-order valence-corrected chi connectivity index (χ4v) is 3.61.